The maximum atomic E-state index is 12.8. The van der Waals surface area contributed by atoms with E-state index in [2.05, 4.69) is 26.1 Å². The lowest BCUT2D eigenvalue weighted by Gasteiger charge is -2.34. The van der Waals surface area contributed by atoms with Crippen molar-refractivity contribution in [2.24, 2.45) is 0 Å². The summed E-state index contributed by atoms with van der Waals surface area (Å²) < 4.78 is 5.76. The number of anilines is 1. The third kappa shape index (κ3) is 4.62. The van der Waals surface area contributed by atoms with E-state index >= 15 is 0 Å². The van der Waals surface area contributed by atoms with E-state index in [9.17, 15) is 14.9 Å². The highest BCUT2D eigenvalue weighted by Gasteiger charge is 2.27. The first kappa shape index (κ1) is 21.2. The zero-order chi connectivity index (χ0) is 22.8. The van der Waals surface area contributed by atoms with Crippen molar-refractivity contribution in [1.29, 1.82) is 0 Å². The molecule has 33 heavy (non-hydrogen) atoms. The van der Waals surface area contributed by atoms with E-state index in [1.165, 1.54) is 17.7 Å². The monoisotopic (exact) mass is 448 g/mol. The van der Waals surface area contributed by atoms with Crippen LogP contribution >= 0.6 is 0 Å². The number of piperazine rings is 1. The predicted octanol–water partition coefficient (Wildman–Crippen LogP) is 2.35. The minimum Gasteiger partial charge on any atom is -0.419 e. The van der Waals surface area contributed by atoms with Crippen LogP contribution in [0.3, 0.4) is 0 Å². The summed E-state index contributed by atoms with van der Waals surface area (Å²) in [7, 11) is 0. The molecule has 0 atom stereocenters. The van der Waals surface area contributed by atoms with Crippen molar-refractivity contribution in [3.8, 4) is 11.5 Å². The van der Waals surface area contributed by atoms with Crippen LogP contribution in [0.1, 0.15) is 11.5 Å². The molecular weight excluding hydrogens is 424 g/mol. The van der Waals surface area contributed by atoms with Gasteiger partial charge in [-0.2, -0.15) is 0 Å². The summed E-state index contributed by atoms with van der Waals surface area (Å²) >= 11 is 0. The second kappa shape index (κ2) is 9.08. The van der Waals surface area contributed by atoms with Crippen LogP contribution in [0.4, 0.5) is 11.4 Å². The number of hydrogen-bond donors (Lipinski definition) is 0. The van der Waals surface area contributed by atoms with Gasteiger partial charge in [-0.1, -0.05) is 18.2 Å². The second-order valence-corrected chi connectivity index (χ2v) is 8.28. The quantitative estimate of drug-likeness (QED) is 0.418. The van der Waals surface area contributed by atoms with Gasteiger partial charge in [-0.05, 0) is 30.2 Å². The number of nitro groups is 1. The summed E-state index contributed by atoms with van der Waals surface area (Å²) in [5.41, 5.74) is 2.94. The normalized spacial score (nSPS) is 16.7. The fourth-order valence-electron chi connectivity index (χ4n) is 4.33. The van der Waals surface area contributed by atoms with E-state index < -0.39 is 4.92 Å². The van der Waals surface area contributed by atoms with Crippen LogP contribution in [0.25, 0.3) is 11.5 Å². The first-order chi connectivity index (χ1) is 16.1. The predicted molar refractivity (Wildman–Crippen MR) is 121 cm³/mol. The number of nitro benzene ring substituents is 1. The average Bonchev–Trinajstić information content (AvgIpc) is 3.48. The lowest BCUT2D eigenvalue weighted by molar-refractivity contribution is -0.384. The maximum Gasteiger partial charge on any atom is 0.269 e. The number of non-ortho nitro benzene ring substituents is 1. The van der Waals surface area contributed by atoms with Crippen molar-refractivity contribution >= 4 is 17.3 Å². The summed E-state index contributed by atoms with van der Waals surface area (Å²) in [5, 5.41) is 19.0. The molecule has 10 nitrogen and oxygen atoms in total. The van der Waals surface area contributed by atoms with Gasteiger partial charge in [0.15, 0.2) is 0 Å². The molecule has 5 rings (SSSR count). The van der Waals surface area contributed by atoms with Gasteiger partial charge in [-0.25, -0.2) is 0 Å². The van der Waals surface area contributed by atoms with Crippen LogP contribution in [-0.2, 0) is 17.8 Å². The SMILES string of the molecule is O=C(CN1CCN(Cc2nnc(-c3ccc([N+](=O)[O-])cc3)o2)CC1)N1CCc2ccccc21. The maximum absolute atomic E-state index is 12.8. The van der Waals surface area contributed by atoms with Crippen LogP contribution in [0.2, 0.25) is 0 Å². The molecular formula is C23H24N6O4. The Hall–Kier alpha value is -3.63. The molecule has 170 valence electrons. The third-order valence-corrected chi connectivity index (χ3v) is 6.16. The van der Waals surface area contributed by atoms with Crippen molar-refractivity contribution in [1.82, 2.24) is 20.0 Å². The molecule has 0 saturated carbocycles. The molecule has 1 amide bonds. The fraction of sp³-hybridized carbons (Fsp3) is 0.348. The molecule has 0 N–H and O–H groups in total. The fourth-order valence-corrected chi connectivity index (χ4v) is 4.33. The molecule has 2 aliphatic heterocycles. The molecule has 1 saturated heterocycles. The number of carbonyl (C=O) groups excluding carboxylic acids is 1. The number of para-hydroxylation sites is 1. The smallest absolute Gasteiger partial charge is 0.269 e. The zero-order valence-electron chi connectivity index (χ0n) is 18.1. The first-order valence-electron chi connectivity index (χ1n) is 11.0. The minimum atomic E-state index is -0.444. The topological polar surface area (TPSA) is 109 Å². The number of carbonyl (C=O) groups is 1. The van der Waals surface area contributed by atoms with E-state index in [0.717, 1.165) is 44.8 Å². The number of nitrogens with zero attached hydrogens (tertiary/aromatic N) is 6. The summed E-state index contributed by atoms with van der Waals surface area (Å²) in [4.78, 5) is 29.5. The minimum absolute atomic E-state index is 0.0174. The van der Waals surface area contributed by atoms with Crippen molar-refractivity contribution in [3.05, 3.63) is 70.1 Å². The molecule has 0 radical (unpaired) electrons. The second-order valence-electron chi connectivity index (χ2n) is 8.28. The van der Waals surface area contributed by atoms with Gasteiger partial charge in [-0.15, -0.1) is 10.2 Å². The van der Waals surface area contributed by atoms with Crippen LogP contribution in [0.5, 0.6) is 0 Å². The van der Waals surface area contributed by atoms with E-state index in [0.29, 0.717) is 30.4 Å². The standard InChI is InChI=1S/C23H24N6O4/c30-22(28-10-9-17-3-1-2-4-20(17)28)16-27-13-11-26(12-14-27)15-21-24-25-23(33-21)18-5-7-19(8-6-18)29(31)32/h1-8H,9-16H2. The molecule has 0 bridgehead atoms. The van der Waals surface area contributed by atoms with Gasteiger partial charge in [0.1, 0.15) is 0 Å². The Morgan fingerprint density at radius 2 is 1.70 bits per heavy atom. The molecule has 3 heterocycles. The van der Waals surface area contributed by atoms with E-state index in [4.69, 9.17) is 4.42 Å². The highest BCUT2D eigenvalue weighted by atomic mass is 16.6. The number of hydrogen-bond acceptors (Lipinski definition) is 8. The number of fused-ring (bicyclic) bond motifs is 1. The number of benzene rings is 2. The summed E-state index contributed by atoms with van der Waals surface area (Å²) in [6.45, 7) is 4.91. The Morgan fingerprint density at radius 1 is 0.970 bits per heavy atom. The van der Waals surface area contributed by atoms with E-state index in [1.54, 1.807) is 12.1 Å². The van der Waals surface area contributed by atoms with Crippen LogP contribution < -0.4 is 4.90 Å². The molecule has 0 spiro atoms. The van der Waals surface area contributed by atoms with Gasteiger partial charge in [-0.3, -0.25) is 24.7 Å². The van der Waals surface area contributed by atoms with Crippen LogP contribution in [0.15, 0.2) is 52.9 Å². The Labute approximate surface area is 190 Å². The van der Waals surface area contributed by atoms with Gasteiger partial charge in [0.05, 0.1) is 18.0 Å². The largest absolute Gasteiger partial charge is 0.419 e. The summed E-state index contributed by atoms with van der Waals surface area (Å²) in [5.74, 6) is 0.995. The zero-order valence-corrected chi connectivity index (χ0v) is 18.1. The molecule has 3 aromatic rings. The molecule has 0 unspecified atom stereocenters. The van der Waals surface area contributed by atoms with Crippen LogP contribution in [0, 0.1) is 10.1 Å². The molecule has 1 fully saturated rings. The van der Waals surface area contributed by atoms with Gasteiger partial charge < -0.3 is 9.32 Å². The Bertz CT molecular complexity index is 1150. The number of amides is 1. The lowest BCUT2D eigenvalue weighted by atomic mass is 10.2. The highest BCUT2D eigenvalue weighted by Crippen LogP contribution is 2.27. The highest BCUT2D eigenvalue weighted by molar-refractivity contribution is 5.96. The molecule has 1 aromatic heterocycles. The molecule has 10 heteroatoms. The average molecular weight is 448 g/mol. The Kier molecular flexibility index (Phi) is 5.84. The van der Waals surface area contributed by atoms with Crippen molar-refractivity contribution in [2.45, 2.75) is 13.0 Å². The van der Waals surface area contributed by atoms with Gasteiger partial charge >= 0.3 is 0 Å². The van der Waals surface area contributed by atoms with Crippen LogP contribution in [-0.4, -0.2) is 70.1 Å². The number of rotatable bonds is 6. The summed E-state index contributed by atoms with van der Waals surface area (Å²) in [6, 6.07) is 14.1. The van der Waals surface area contributed by atoms with Gasteiger partial charge in [0.25, 0.3) is 5.69 Å². The first-order valence-corrected chi connectivity index (χ1v) is 11.0. The van der Waals surface area contributed by atoms with Crippen molar-refractivity contribution in [3.63, 3.8) is 0 Å². The van der Waals surface area contributed by atoms with Crippen molar-refractivity contribution < 1.29 is 14.1 Å². The molecule has 0 aliphatic carbocycles. The van der Waals surface area contributed by atoms with Gasteiger partial charge in [0.2, 0.25) is 17.7 Å². The Morgan fingerprint density at radius 3 is 2.45 bits per heavy atom. The van der Waals surface area contributed by atoms with Crippen molar-refractivity contribution in [2.75, 3.05) is 44.2 Å². The number of aromatic nitrogens is 2. The van der Waals surface area contributed by atoms with E-state index in [1.807, 2.05) is 23.1 Å². The third-order valence-electron chi connectivity index (χ3n) is 6.16. The summed E-state index contributed by atoms with van der Waals surface area (Å²) in [6.07, 6.45) is 0.918. The van der Waals surface area contributed by atoms with Gasteiger partial charge in [0, 0.05) is 56.1 Å². The Balaban J connectivity index is 1.12. The lowest BCUT2D eigenvalue weighted by Crippen LogP contribution is -2.49. The molecule has 2 aliphatic rings. The van der Waals surface area contributed by atoms with E-state index in [-0.39, 0.29) is 11.6 Å². The molecule has 2 aromatic carbocycles.